The summed E-state index contributed by atoms with van der Waals surface area (Å²) in [6, 6.07) is 23.4. The maximum atomic E-state index is 8.44. The average molecular weight is 594 g/mol. The smallest absolute Gasteiger partial charge is 0.425 e. The Morgan fingerprint density at radius 2 is 1.34 bits per heavy atom. The first-order chi connectivity index (χ1) is 18.2. The Bertz CT molecular complexity index is 1380. The van der Waals surface area contributed by atoms with Crippen molar-refractivity contribution in [2.45, 2.75) is 39.5 Å². The van der Waals surface area contributed by atoms with E-state index < -0.39 is 10.6 Å². The molecule has 1 heterocycles. The third kappa shape index (κ3) is 12.0. The van der Waals surface area contributed by atoms with Crippen LogP contribution in [0.2, 0.25) is 15.1 Å². The summed E-state index contributed by atoms with van der Waals surface area (Å²) in [7, 11) is -3.11. The van der Waals surface area contributed by atoms with Crippen molar-refractivity contribution in [2.24, 2.45) is 0 Å². The van der Waals surface area contributed by atoms with Crippen LogP contribution in [0.3, 0.4) is 0 Å². The molecule has 0 spiro atoms. The van der Waals surface area contributed by atoms with E-state index in [4.69, 9.17) is 52.2 Å². The van der Waals surface area contributed by atoms with E-state index in [1.807, 2.05) is 37.3 Å². The minimum absolute atomic E-state index is 0.545. The minimum Gasteiger partial charge on any atom is -0.457 e. The van der Waals surface area contributed by atoms with Crippen LogP contribution in [0, 0.1) is 6.92 Å². The van der Waals surface area contributed by atoms with Crippen molar-refractivity contribution in [3.63, 3.8) is 0 Å². The summed E-state index contributed by atoms with van der Waals surface area (Å²) in [4.78, 5) is 8.51. The van der Waals surface area contributed by atoms with Crippen LogP contribution in [-0.4, -0.2) is 22.6 Å². The van der Waals surface area contributed by atoms with Crippen molar-refractivity contribution >= 4 is 45.4 Å². The van der Waals surface area contributed by atoms with E-state index in [-0.39, 0.29) is 0 Å². The monoisotopic (exact) mass is 592 g/mol. The molecule has 0 aliphatic heterocycles. The molecule has 0 saturated carbocycles. The number of ether oxygens (including phenoxy) is 1. The van der Waals surface area contributed by atoms with E-state index in [2.05, 4.69) is 41.2 Å². The molecule has 0 aliphatic carbocycles. The molecule has 0 radical (unpaired) electrons. The maximum absolute atomic E-state index is 8.44. The van der Waals surface area contributed by atoms with Crippen molar-refractivity contribution in [1.82, 2.24) is 9.97 Å². The van der Waals surface area contributed by atoms with Gasteiger partial charge in [-0.3, -0.25) is 0 Å². The fourth-order valence-electron chi connectivity index (χ4n) is 3.31. The highest BCUT2D eigenvalue weighted by Gasteiger charge is 2.08. The maximum Gasteiger partial charge on any atom is 0.425 e. The molecule has 4 aromatic rings. The first-order valence-corrected chi connectivity index (χ1v) is 13.8. The molecule has 6 nitrogen and oxygen atoms in total. The first-order valence-electron chi connectivity index (χ1n) is 11.7. The van der Waals surface area contributed by atoms with Crippen LogP contribution in [-0.2, 0) is 29.9 Å². The summed E-state index contributed by atoms with van der Waals surface area (Å²) < 4.78 is 31.1. The van der Waals surface area contributed by atoms with E-state index in [1.165, 1.54) is 11.1 Å². The van der Waals surface area contributed by atoms with Gasteiger partial charge in [-0.05, 0) is 68.5 Å². The predicted octanol–water partition coefficient (Wildman–Crippen LogP) is 7.96. The van der Waals surface area contributed by atoms with Crippen molar-refractivity contribution in [1.29, 1.82) is 0 Å². The molecule has 3 aromatic carbocycles. The molecule has 200 valence electrons. The number of hydrogen-bond donors (Lipinski definition) is 0. The summed E-state index contributed by atoms with van der Waals surface area (Å²) in [5.74, 6) is 1.36. The Morgan fingerprint density at radius 1 is 0.763 bits per heavy atom. The van der Waals surface area contributed by atoms with Gasteiger partial charge in [-0.25, -0.2) is 9.97 Å². The lowest BCUT2D eigenvalue weighted by molar-refractivity contribution is 0.482. The zero-order valence-electron chi connectivity index (χ0n) is 20.9. The molecule has 4 rings (SSSR count). The largest absolute Gasteiger partial charge is 0.457 e. The molecule has 0 bridgehead atoms. The number of nitrogens with zero attached hydrogens (tertiary/aromatic N) is 2. The Kier molecular flexibility index (Phi) is 13.8. The van der Waals surface area contributed by atoms with Gasteiger partial charge in [0, 0.05) is 10.0 Å². The van der Waals surface area contributed by atoms with Crippen molar-refractivity contribution in [3.05, 3.63) is 117 Å². The van der Waals surface area contributed by atoms with Gasteiger partial charge in [-0.2, -0.15) is 0 Å². The molecular weight excluding hydrogens is 567 g/mol. The van der Waals surface area contributed by atoms with E-state index in [0.717, 1.165) is 42.8 Å². The molecule has 0 unspecified atom stereocenters. The number of aryl methyl sites for hydroxylation is 4. The number of hydrogen-bond acceptors (Lipinski definition) is 6. The molecule has 0 saturated heterocycles. The van der Waals surface area contributed by atoms with Gasteiger partial charge in [-0.15, -0.1) is 12.6 Å². The molecule has 0 amide bonds. The SMILES string of the molecule is CCc1ncnc(CCCc2ccc(Oc3cc(Cl)cc(Cl)c3)cc2)c1Cl.Cc1ccccc1.O=S(=O)=O. The molecular formula is C28H27Cl3N2O4S. The van der Waals surface area contributed by atoms with E-state index in [1.54, 1.807) is 24.5 Å². The molecule has 0 aliphatic rings. The van der Waals surface area contributed by atoms with Gasteiger partial charge >= 0.3 is 10.6 Å². The third-order valence-corrected chi connectivity index (χ3v) is 5.96. The quantitative estimate of drug-likeness (QED) is 0.216. The van der Waals surface area contributed by atoms with Gasteiger partial charge in [0.25, 0.3) is 0 Å². The van der Waals surface area contributed by atoms with E-state index in [9.17, 15) is 0 Å². The Morgan fingerprint density at radius 3 is 1.87 bits per heavy atom. The van der Waals surface area contributed by atoms with E-state index in [0.29, 0.717) is 20.8 Å². The van der Waals surface area contributed by atoms with Gasteiger partial charge in [0.05, 0.1) is 16.4 Å². The zero-order chi connectivity index (χ0) is 27.9. The van der Waals surface area contributed by atoms with Gasteiger partial charge in [0.2, 0.25) is 0 Å². The second-order valence-corrected chi connectivity index (χ2v) is 9.66. The zero-order valence-corrected chi connectivity index (χ0v) is 24.0. The highest BCUT2D eigenvalue weighted by Crippen LogP contribution is 2.28. The lowest BCUT2D eigenvalue weighted by Gasteiger charge is -2.09. The fraction of sp³-hybridized carbons (Fsp3) is 0.214. The average Bonchev–Trinajstić information content (AvgIpc) is 2.86. The van der Waals surface area contributed by atoms with E-state index >= 15 is 0 Å². The Hall–Kier alpha value is -2.97. The molecule has 0 atom stereocenters. The Balaban J connectivity index is 0.000000384. The van der Waals surface area contributed by atoms with Gasteiger partial charge in [0.1, 0.15) is 17.8 Å². The van der Waals surface area contributed by atoms with Crippen LogP contribution < -0.4 is 4.74 Å². The molecule has 0 N–H and O–H groups in total. The highest BCUT2D eigenvalue weighted by molar-refractivity contribution is 7.59. The second kappa shape index (κ2) is 16.8. The van der Waals surface area contributed by atoms with Crippen LogP contribution in [0.5, 0.6) is 11.5 Å². The molecule has 10 heteroatoms. The number of rotatable bonds is 7. The lowest BCUT2D eigenvalue weighted by atomic mass is 10.1. The van der Waals surface area contributed by atoms with Crippen molar-refractivity contribution < 1.29 is 17.4 Å². The third-order valence-electron chi connectivity index (χ3n) is 5.08. The van der Waals surface area contributed by atoms with Crippen LogP contribution in [0.15, 0.2) is 79.1 Å². The molecule has 0 fully saturated rings. The van der Waals surface area contributed by atoms with Crippen LogP contribution in [0.25, 0.3) is 0 Å². The standard InChI is InChI=1S/C21H19Cl3N2O.C7H8.O3S/c1-2-19-21(24)20(26-13-25-19)5-3-4-14-6-8-17(9-7-14)27-18-11-15(22)10-16(23)12-18;1-7-5-3-2-4-6-7;1-4(2)3/h6-13H,2-5H2,1H3;2-6H,1H3;. The number of benzene rings is 3. The molecule has 1 aromatic heterocycles. The number of aromatic nitrogens is 2. The van der Waals surface area contributed by atoms with Gasteiger partial charge in [0.15, 0.2) is 0 Å². The predicted molar refractivity (Wildman–Crippen MR) is 152 cm³/mol. The first kappa shape index (κ1) is 31.2. The Labute approximate surface area is 239 Å². The highest BCUT2D eigenvalue weighted by atomic mass is 35.5. The summed E-state index contributed by atoms with van der Waals surface area (Å²) in [5, 5.41) is 1.79. The van der Waals surface area contributed by atoms with Gasteiger partial charge < -0.3 is 4.74 Å². The summed E-state index contributed by atoms with van der Waals surface area (Å²) in [6.45, 7) is 4.12. The number of halogens is 3. The topological polar surface area (TPSA) is 86.2 Å². The molecule has 38 heavy (non-hydrogen) atoms. The van der Waals surface area contributed by atoms with Gasteiger partial charge in [-0.1, -0.05) is 89.8 Å². The van der Waals surface area contributed by atoms with Crippen molar-refractivity contribution in [3.8, 4) is 11.5 Å². The lowest BCUT2D eigenvalue weighted by Crippen LogP contribution is -1.99. The summed E-state index contributed by atoms with van der Waals surface area (Å²) in [5.41, 5.74) is 4.38. The fourth-order valence-corrected chi connectivity index (χ4v) is 4.14. The van der Waals surface area contributed by atoms with Crippen LogP contribution >= 0.6 is 34.8 Å². The normalized spacial score (nSPS) is 9.92. The van der Waals surface area contributed by atoms with Crippen LogP contribution in [0.1, 0.15) is 35.9 Å². The van der Waals surface area contributed by atoms with Crippen molar-refractivity contribution in [2.75, 3.05) is 0 Å². The van der Waals surface area contributed by atoms with Crippen LogP contribution in [0.4, 0.5) is 0 Å². The summed E-state index contributed by atoms with van der Waals surface area (Å²) >= 11 is 18.3. The second-order valence-electron chi connectivity index (χ2n) is 8.00. The summed E-state index contributed by atoms with van der Waals surface area (Å²) in [6.07, 6.45) is 5.13. The minimum atomic E-state index is -3.11.